The van der Waals surface area contributed by atoms with Crippen LogP contribution in [-0.2, 0) is 9.59 Å². The lowest BCUT2D eigenvalue weighted by molar-refractivity contribution is -0.197. The molecule has 1 heterocycles. The molecule has 168 valence electrons. The average Bonchev–Trinajstić information content (AvgIpc) is 3.42. The number of aliphatic carboxylic acids is 1. The molecule has 1 spiro atoms. The molecule has 1 aliphatic heterocycles. The number of carboxylic acid groups (broad SMARTS) is 1. The lowest BCUT2D eigenvalue weighted by Gasteiger charge is -2.61. The number of likely N-dealkylation sites (tertiary alicyclic amines) is 1. The van der Waals surface area contributed by atoms with Crippen molar-refractivity contribution in [3.8, 4) is 0 Å². The Hall–Kier alpha value is -2.35. The molecular formula is C23H27F3N2O3. The monoisotopic (exact) mass is 436 g/mol. The van der Waals surface area contributed by atoms with Crippen molar-refractivity contribution in [2.45, 2.75) is 50.9 Å². The van der Waals surface area contributed by atoms with Gasteiger partial charge < -0.3 is 10.0 Å². The number of carboxylic acids is 1. The number of amides is 1. The molecule has 2 atom stereocenters. The van der Waals surface area contributed by atoms with Crippen LogP contribution in [0.2, 0.25) is 0 Å². The van der Waals surface area contributed by atoms with Gasteiger partial charge in [-0.15, -0.1) is 0 Å². The lowest BCUT2D eigenvalue weighted by atomic mass is 9.60. The van der Waals surface area contributed by atoms with E-state index in [-0.39, 0.29) is 17.9 Å². The predicted molar refractivity (Wildman–Crippen MR) is 109 cm³/mol. The summed E-state index contributed by atoms with van der Waals surface area (Å²) in [6, 6.07) is 8.83. The summed E-state index contributed by atoms with van der Waals surface area (Å²) in [6.07, 6.45) is -0.554. The molecule has 4 rings (SSSR count). The van der Waals surface area contributed by atoms with E-state index in [1.807, 2.05) is 43.3 Å². The van der Waals surface area contributed by atoms with Gasteiger partial charge in [0.05, 0.1) is 6.54 Å². The minimum atomic E-state index is -4.89. The first kappa shape index (κ1) is 21.9. The molecule has 1 amide bonds. The highest BCUT2D eigenvalue weighted by atomic mass is 19.4. The van der Waals surface area contributed by atoms with E-state index in [1.54, 1.807) is 4.90 Å². The molecule has 3 aliphatic rings. The van der Waals surface area contributed by atoms with E-state index < -0.39 is 30.1 Å². The van der Waals surface area contributed by atoms with E-state index in [0.717, 1.165) is 22.5 Å². The molecule has 1 saturated heterocycles. The number of benzene rings is 1. The van der Waals surface area contributed by atoms with Crippen molar-refractivity contribution in [2.75, 3.05) is 19.6 Å². The topological polar surface area (TPSA) is 60.9 Å². The summed E-state index contributed by atoms with van der Waals surface area (Å²) < 4.78 is 40.1. The summed E-state index contributed by atoms with van der Waals surface area (Å²) in [6.45, 7) is 3.09. The fraction of sp³-hybridized carbons (Fsp3) is 0.565. The predicted octanol–water partition coefficient (Wildman–Crippen LogP) is 3.81. The molecule has 31 heavy (non-hydrogen) atoms. The van der Waals surface area contributed by atoms with E-state index in [9.17, 15) is 22.8 Å². The Labute approximate surface area is 179 Å². The van der Waals surface area contributed by atoms with Gasteiger partial charge in [-0.1, -0.05) is 48.9 Å². The molecule has 2 aliphatic carbocycles. The first-order valence-electron chi connectivity index (χ1n) is 10.7. The molecule has 3 fully saturated rings. The third kappa shape index (κ3) is 4.49. The molecule has 1 aromatic carbocycles. The van der Waals surface area contributed by atoms with Crippen LogP contribution >= 0.6 is 0 Å². The van der Waals surface area contributed by atoms with Crippen LogP contribution in [0.15, 0.2) is 35.9 Å². The summed E-state index contributed by atoms with van der Waals surface area (Å²) in [7, 11) is 0. The molecular weight excluding hydrogens is 409 g/mol. The number of carbonyl (C=O) groups is 2. The molecule has 0 radical (unpaired) electrons. The van der Waals surface area contributed by atoms with Gasteiger partial charge in [-0.3, -0.25) is 14.5 Å². The Morgan fingerprint density at radius 1 is 1.23 bits per heavy atom. The second-order valence-electron chi connectivity index (χ2n) is 9.20. The molecule has 0 aromatic heterocycles. The Morgan fingerprint density at radius 3 is 2.42 bits per heavy atom. The SMILES string of the molecule is CC/C(=C\c1ccccc1)[C@@H]1C[C@H]1N(C(=O)C(F)(F)F)C1CC2(C1)CN(CC(=O)O)C2. The summed E-state index contributed by atoms with van der Waals surface area (Å²) in [5, 5.41) is 8.88. The van der Waals surface area contributed by atoms with Crippen LogP contribution in [0.3, 0.4) is 0 Å². The number of carbonyl (C=O) groups excluding carboxylic acids is 1. The normalized spacial score (nSPS) is 25.6. The van der Waals surface area contributed by atoms with Crippen LogP contribution in [0.5, 0.6) is 0 Å². The standard InChI is InChI=1S/C23H27F3N2O3/c1-2-16(8-15-6-4-3-5-7-15)18-9-19(18)28(21(31)23(24,25)26)17-10-22(11-17)13-27(14-22)12-20(29)30/h3-8,17-19H,2,9-14H2,1H3,(H,29,30)/b16-8+/t18-,19+/m0/s1. The molecule has 1 aromatic rings. The zero-order chi connectivity index (χ0) is 22.4. The third-order valence-electron chi connectivity index (χ3n) is 6.83. The lowest BCUT2D eigenvalue weighted by Crippen LogP contribution is -2.68. The van der Waals surface area contributed by atoms with Crippen LogP contribution in [0, 0.1) is 11.3 Å². The zero-order valence-corrected chi connectivity index (χ0v) is 17.4. The van der Waals surface area contributed by atoms with Crippen molar-refractivity contribution in [2.24, 2.45) is 11.3 Å². The van der Waals surface area contributed by atoms with Crippen molar-refractivity contribution in [1.29, 1.82) is 0 Å². The number of hydrogen-bond acceptors (Lipinski definition) is 3. The number of nitrogens with zero attached hydrogens (tertiary/aromatic N) is 2. The van der Waals surface area contributed by atoms with Crippen LogP contribution in [0.1, 0.15) is 38.2 Å². The zero-order valence-electron chi connectivity index (χ0n) is 17.4. The number of hydrogen-bond donors (Lipinski definition) is 1. The van der Waals surface area contributed by atoms with Crippen molar-refractivity contribution >= 4 is 18.0 Å². The van der Waals surface area contributed by atoms with Crippen molar-refractivity contribution in [3.05, 3.63) is 41.5 Å². The quantitative estimate of drug-likeness (QED) is 0.706. The van der Waals surface area contributed by atoms with Crippen molar-refractivity contribution in [3.63, 3.8) is 0 Å². The van der Waals surface area contributed by atoms with E-state index >= 15 is 0 Å². The van der Waals surface area contributed by atoms with Crippen molar-refractivity contribution in [1.82, 2.24) is 9.80 Å². The van der Waals surface area contributed by atoms with Gasteiger partial charge in [-0.25, -0.2) is 0 Å². The molecule has 8 heteroatoms. The van der Waals surface area contributed by atoms with E-state index in [4.69, 9.17) is 5.11 Å². The van der Waals surface area contributed by atoms with Crippen LogP contribution in [0.4, 0.5) is 13.2 Å². The Morgan fingerprint density at radius 2 is 1.87 bits per heavy atom. The van der Waals surface area contributed by atoms with Gasteiger partial charge >= 0.3 is 18.1 Å². The maximum atomic E-state index is 13.4. The fourth-order valence-corrected chi connectivity index (χ4v) is 5.46. The molecule has 0 unspecified atom stereocenters. The summed E-state index contributed by atoms with van der Waals surface area (Å²) in [5.74, 6) is -2.69. The van der Waals surface area contributed by atoms with E-state index in [2.05, 4.69) is 0 Å². The summed E-state index contributed by atoms with van der Waals surface area (Å²) in [5.41, 5.74) is 1.94. The smallest absolute Gasteiger partial charge is 0.471 e. The number of halogens is 3. The Kier molecular flexibility index (Phi) is 5.62. The molecule has 0 bridgehead atoms. The second-order valence-corrected chi connectivity index (χ2v) is 9.20. The van der Waals surface area contributed by atoms with Crippen LogP contribution < -0.4 is 0 Å². The van der Waals surface area contributed by atoms with Crippen LogP contribution in [-0.4, -0.2) is 64.7 Å². The first-order chi connectivity index (χ1) is 14.6. The van der Waals surface area contributed by atoms with Crippen molar-refractivity contribution < 1.29 is 27.9 Å². The maximum Gasteiger partial charge on any atom is 0.471 e. The minimum absolute atomic E-state index is 0.0436. The van der Waals surface area contributed by atoms with Gasteiger partial charge in [0.1, 0.15) is 0 Å². The highest BCUT2D eigenvalue weighted by molar-refractivity contribution is 5.83. The molecule has 2 saturated carbocycles. The summed E-state index contributed by atoms with van der Waals surface area (Å²) >= 11 is 0. The fourth-order valence-electron chi connectivity index (χ4n) is 5.46. The first-order valence-corrected chi connectivity index (χ1v) is 10.7. The highest BCUT2D eigenvalue weighted by Gasteiger charge is 2.61. The van der Waals surface area contributed by atoms with Gasteiger partial charge in [-0.2, -0.15) is 13.2 Å². The van der Waals surface area contributed by atoms with E-state index in [1.165, 1.54) is 0 Å². The number of alkyl halides is 3. The average molecular weight is 436 g/mol. The summed E-state index contributed by atoms with van der Waals surface area (Å²) in [4.78, 5) is 26.0. The van der Waals surface area contributed by atoms with Gasteiger partial charge in [0.15, 0.2) is 0 Å². The van der Waals surface area contributed by atoms with Crippen LogP contribution in [0.25, 0.3) is 6.08 Å². The van der Waals surface area contributed by atoms with Gasteiger partial charge in [-0.05, 0) is 36.7 Å². The Bertz CT molecular complexity index is 870. The van der Waals surface area contributed by atoms with Gasteiger partial charge in [0.25, 0.3) is 0 Å². The van der Waals surface area contributed by atoms with Gasteiger partial charge in [0, 0.05) is 31.1 Å². The molecule has 5 nitrogen and oxygen atoms in total. The highest BCUT2D eigenvalue weighted by Crippen LogP contribution is 2.54. The molecule has 1 N–H and O–H groups in total. The largest absolute Gasteiger partial charge is 0.480 e. The number of rotatable bonds is 7. The van der Waals surface area contributed by atoms with Gasteiger partial charge in [0.2, 0.25) is 0 Å². The Balaban J connectivity index is 1.45. The second kappa shape index (κ2) is 7.97. The maximum absolute atomic E-state index is 13.4. The third-order valence-corrected chi connectivity index (χ3v) is 6.83. The minimum Gasteiger partial charge on any atom is -0.480 e. The van der Waals surface area contributed by atoms with E-state index in [0.29, 0.717) is 32.4 Å².